The predicted octanol–water partition coefficient (Wildman–Crippen LogP) is 1.79. The second-order valence-electron chi connectivity index (χ2n) is 2.92. The summed E-state index contributed by atoms with van der Waals surface area (Å²) in [7, 11) is 0. The number of nitrogens with two attached hydrogens (primary N) is 1. The lowest BCUT2D eigenvalue weighted by Crippen LogP contribution is -2.03. The number of thiazole rings is 1. The summed E-state index contributed by atoms with van der Waals surface area (Å²) in [4.78, 5) is 15.7. The van der Waals surface area contributed by atoms with Gasteiger partial charge in [-0.25, -0.2) is 4.98 Å². The van der Waals surface area contributed by atoms with Crippen molar-refractivity contribution in [1.29, 1.82) is 0 Å². The molecule has 4 heteroatoms. The molecular weight excluding hydrogens is 196 g/mol. The molecule has 2 N–H and O–H groups in total. The van der Waals surface area contributed by atoms with Gasteiger partial charge in [0.15, 0.2) is 5.78 Å². The highest BCUT2D eigenvalue weighted by Crippen LogP contribution is 2.12. The zero-order valence-corrected chi connectivity index (χ0v) is 8.85. The summed E-state index contributed by atoms with van der Waals surface area (Å²) < 4.78 is 0. The fourth-order valence-electron chi connectivity index (χ4n) is 1.04. The molecular formula is C10H14N2OS. The molecule has 0 saturated heterocycles. The second-order valence-corrected chi connectivity index (χ2v) is 3.86. The fourth-order valence-corrected chi connectivity index (χ4v) is 1.86. The smallest absolute Gasteiger partial charge is 0.182 e. The molecule has 0 atom stereocenters. The van der Waals surface area contributed by atoms with Gasteiger partial charge in [0.25, 0.3) is 0 Å². The maximum absolute atomic E-state index is 11.5. The first kappa shape index (κ1) is 11.1. The van der Waals surface area contributed by atoms with Crippen molar-refractivity contribution in [3.63, 3.8) is 0 Å². The highest BCUT2D eigenvalue weighted by atomic mass is 32.1. The number of hydrogen-bond acceptors (Lipinski definition) is 4. The quantitative estimate of drug-likeness (QED) is 0.575. The van der Waals surface area contributed by atoms with Crippen LogP contribution < -0.4 is 5.73 Å². The maximum atomic E-state index is 11.5. The fraction of sp³-hybridized carbons (Fsp3) is 0.400. The normalized spacial score (nSPS) is 10.1. The maximum Gasteiger partial charge on any atom is 0.182 e. The number of allylic oxidation sites excluding steroid dienone is 1. The van der Waals surface area contributed by atoms with Gasteiger partial charge in [0.1, 0.15) is 5.69 Å². The Balaban J connectivity index is 2.57. The summed E-state index contributed by atoms with van der Waals surface area (Å²) in [5.74, 6) is 0.0874. The number of hydrogen-bond donors (Lipinski definition) is 1. The van der Waals surface area contributed by atoms with Gasteiger partial charge in [-0.3, -0.25) is 4.79 Å². The average Bonchev–Trinajstić information content (AvgIpc) is 2.63. The zero-order chi connectivity index (χ0) is 10.4. The molecule has 76 valence electrons. The molecule has 0 spiro atoms. The number of carbonyl (C=O) groups is 1. The molecule has 1 aromatic rings. The lowest BCUT2D eigenvalue weighted by molar-refractivity contribution is 0.0979. The van der Waals surface area contributed by atoms with Crippen LogP contribution in [-0.4, -0.2) is 17.3 Å². The lowest BCUT2D eigenvalue weighted by atomic mass is 10.2. The number of rotatable bonds is 6. The Labute approximate surface area is 87.7 Å². The summed E-state index contributed by atoms with van der Waals surface area (Å²) in [5.41, 5.74) is 5.96. The van der Waals surface area contributed by atoms with E-state index < -0.39 is 0 Å². The van der Waals surface area contributed by atoms with Crippen molar-refractivity contribution in [2.75, 3.05) is 6.54 Å². The van der Waals surface area contributed by atoms with Crippen LogP contribution in [0.5, 0.6) is 0 Å². The molecule has 0 aliphatic heterocycles. The Morgan fingerprint density at radius 1 is 1.71 bits per heavy atom. The molecule has 1 heterocycles. The molecule has 0 bridgehead atoms. The van der Waals surface area contributed by atoms with E-state index in [1.54, 1.807) is 11.5 Å². The highest BCUT2D eigenvalue weighted by Gasteiger charge is 2.09. The number of ketones is 1. The Morgan fingerprint density at radius 3 is 3.14 bits per heavy atom. The minimum absolute atomic E-state index is 0.0874. The topological polar surface area (TPSA) is 56.0 Å². The largest absolute Gasteiger partial charge is 0.330 e. The van der Waals surface area contributed by atoms with Gasteiger partial charge >= 0.3 is 0 Å². The van der Waals surface area contributed by atoms with Crippen molar-refractivity contribution in [3.05, 3.63) is 28.7 Å². The number of nitrogens with zero attached hydrogens (tertiary/aromatic N) is 1. The molecule has 0 amide bonds. The van der Waals surface area contributed by atoms with E-state index in [0.29, 0.717) is 25.1 Å². The molecule has 0 fully saturated rings. The highest BCUT2D eigenvalue weighted by molar-refractivity contribution is 7.09. The molecule has 0 aliphatic rings. The number of carbonyl (C=O) groups excluding carboxylic acids is 1. The first-order valence-corrected chi connectivity index (χ1v) is 5.44. The van der Waals surface area contributed by atoms with Gasteiger partial charge in [-0.1, -0.05) is 6.08 Å². The van der Waals surface area contributed by atoms with E-state index in [-0.39, 0.29) is 5.78 Å². The SMILES string of the molecule is C=CCCC(=O)c1csc(CCN)n1. The summed E-state index contributed by atoms with van der Waals surface area (Å²) in [6.45, 7) is 4.15. The first-order chi connectivity index (χ1) is 6.77. The van der Waals surface area contributed by atoms with Crippen LogP contribution in [0.4, 0.5) is 0 Å². The van der Waals surface area contributed by atoms with Crippen molar-refractivity contribution in [1.82, 2.24) is 4.98 Å². The molecule has 0 saturated carbocycles. The van der Waals surface area contributed by atoms with Crippen LogP contribution in [0.25, 0.3) is 0 Å². The molecule has 1 rings (SSSR count). The van der Waals surface area contributed by atoms with E-state index in [4.69, 9.17) is 5.73 Å². The summed E-state index contributed by atoms with van der Waals surface area (Å²) in [6, 6.07) is 0. The van der Waals surface area contributed by atoms with Gasteiger partial charge < -0.3 is 5.73 Å². The molecule has 3 nitrogen and oxygen atoms in total. The van der Waals surface area contributed by atoms with Gasteiger partial charge in [-0.2, -0.15) is 0 Å². The zero-order valence-electron chi connectivity index (χ0n) is 8.03. The van der Waals surface area contributed by atoms with Crippen molar-refractivity contribution >= 4 is 17.1 Å². The number of Topliss-reactive ketones (excluding diaryl/α,β-unsaturated/α-hetero) is 1. The lowest BCUT2D eigenvalue weighted by Gasteiger charge is -1.92. The molecule has 14 heavy (non-hydrogen) atoms. The van der Waals surface area contributed by atoms with Crippen molar-refractivity contribution in [2.45, 2.75) is 19.3 Å². The van der Waals surface area contributed by atoms with E-state index >= 15 is 0 Å². The summed E-state index contributed by atoms with van der Waals surface area (Å²) in [6.07, 6.45) is 3.70. The van der Waals surface area contributed by atoms with Gasteiger partial charge in [0.2, 0.25) is 0 Å². The van der Waals surface area contributed by atoms with Crippen LogP contribution in [0.15, 0.2) is 18.0 Å². The van der Waals surface area contributed by atoms with Gasteiger partial charge in [0, 0.05) is 18.2 Å². The molecule has 1 aromatic heterocycles. The molecule has 0 unspecified atom stereocenters. The van der Waals surface area contributed by atoms with Gasteiger partial charge in [0.05, 0.1) is 5.01 Å². The molecule has 0 aliphatic carbocycles. The average molecular weight is 210 g/mol. The van der Waals surface area contributed by atoms with Gasteiger partial charge in [-0.05, 0) is 13.0 Å². The standard InChI is InChI=1S/C10H14N2OS/c1-2-3-4-9(13)8-7-14-10(12-8)5-6-11/h2,7H,1,3-6,11H2. The van der Waals surface area contributed by atoms with Crippen LogP contribution in [0, 0.1) is 0 Å². The van der Waals surface area contributed by atoms with E-state index in [0.717, 1.165) is 11.4 Å². The van der Waals surface area contributed by atoms with Crippen molar-refractivity contribution < 1.29 is 4.79 Å². The Bertz CT molecular complexity index is 320. The first-order valence-electron chi connectivity index (χ1n) is 4.56. The van der Waals surface area contributed by atoms with Crippen LogP contribution in [-0.2, 0) is 6.42 Å². The molecule has 0 radical (unpaired) electrons. The second kappa shape index (κ2) is 5.67. The van der Waals surface area contributed by atoms with Crippen LogP contribution in [0.3, 0.4) is 0 Å². The van der Waals surface area contributed by atoms with E-state index in [1.807, 2.05) is 0 Å². The third kappa shape index (κ3) is 3.05. The summed E-state index contributed by atoms with van der Waals surface area (Å²) in [5, 5.41) is 2.74. The Kier molecular flexibility index (Phi) is 4.49. The third-order valence-corrected chi connectivity index (χ3v) is 2.68. The summed E-state index contributed by atoms with van der Waals surface area (Å²) >= 11 is 1.50. The molecule has 0 aromatic carbocycles. The van der Waals surface area contributed by atoms with Crippen molar-refractivity contribution in [2.24, 2.45) is 5.73 Å². The van der Waals surface area contributed by atoms with E-state index in [2.05, 4.69) is 11.6 Å². The van der Waals surface area contributed by atoms with Gasteiger partial charge in [-0.15, -0.1) is 17.9 Å². The van der Waals surface area contributed by atoms with E-state index in [1.165, 1.54) is 11.3 Å². The van der Waals surface area contributed by atoms with Crippen LogP contribution in [0.2, 0.25) is 0 Å². The minimum atomic E-state index is 0.0874. The monoisotopic (exact) mass is 210 g/mol. The number of aromatic nitrogens is 1. The minimum Gasteiger partial charge on any atom is -0.330 e. The van der Waals surface area contributed by atoms with Crippen LogP contribution >= 0.6 is 11.3 Å². The predicted molar refractivity (Wildman–Crippen MR) is 58.6 cm³/mol. The Hall–Kier alpha value is -1.00. The van der Waals surface area contributed by atoms with Crippen molar-refractivity contribution in [3.8, 4) is 0 Å². The third-order valence-electron chi connectivity index (χ3n) is 1.77. The Morgan fingerprint density at radius 2 is 2.50 bits per heavy atom. The van der Waals surface area contributed by atoms with E-state index in [9.17, 15) is 4.79 Å². The van der Waals surface area contributed by atoms with Crippen LogP contribution in [0.1, 0.15) is 28.3 Å².